The summed E-state index contributed by atoms with van der Waals surface area (Å²) < 4.78 is 61.1. The molecule has 0 aliphatic rings. The van der Waals surface area contributed by atoms with Crippen LogP contribution in [0.25, 0.3) is 0 Å². The van der Waals surface area contributed by atoms with E-state index in [1.807, 2.05) is 30.3 Å². The second-order valence-electron chi connectivity index (χ2n) is 5.84. The summed E-state index contributed by atoms with van der Waals surface area (Å²) in [7, 11) is -3.79. The lowest BCUT2D eigenvalue weighted by molar-refractivity contribution is -0.137. The molecule has 0 bridgehead atoms. The molecule has 0 heterocycles. The molecule has 7 heteroatoms. The third-order valence-electron chi connectivity index (χ3n) is 3.63. The van der Waals surface area contributed by atoms with E-state index in [4.69, 9.17) is 9.05 Å². The number of benzene rings is 2. The number of allylic oxidation sites excluding steroid dienone is 1. The Morgan fingerprint density at radius 2 is 1.75 bits per heavy atom. The highest BCUT2D eigenvalue weighted by molar-refractivity contribution is 7.59. The van der Waals surface area contributed by atoms with Crippen molar-refractivity contribution < 1.29 is 26.8 Å². The maximum absolute atomic E-state index is 12.8. The molecule has 0 aromatic heterocycles. The molecule has 3 nitrogen and oxygen atoms in total. The lowest BCUT2D eigenvalue weighted by atomic mass is 10.1. The highest BCUT2D eigenvalue weighted by Crippen LogP contribution is 2.49. The van der Waals surface area contributed by atoms with E-state index in [9.17, 15) is 17.7 Å². The van der Waals surface area contributed by atoms with Gasteiger partial charge in [0.2, 0.25) is 0 Å². The van der Waals surface area contributed by atoms with Crippen molar-refractivity contribution >= 4 is 7.60 Å². The number of rotatable bonds is 7. The van der Waals surface area contributed by atoms with E-state index in [1.165, 1.54) is 12.1 Å². The topological polar surface area (TPSA) is 35.5 Å². The fourth-order valence-corrected chi connectivity index (χ4v) is 3.47. The largest absolute Gasteiger partial charge is 0.456 e. The molecule has 0 saturated carbocycles. The van der Waals surface area contributed by atoms with Gasteiger partial charge in [0.15, 0.2) is 0 Å². The zero-order chi connectivity index (χ0) is 20.6. The SMILES string of the molecule is C=C(CCc1ccccc1)OP(=O)(C#Cc1ccc(C(F)(F)F)cc1)OCC. The number of aryl methyl sites for hydroxylation is 1. The van der Waals surface area contributed by atoms with Crippen molar-refractivity contribution in [3.05, 3.63) is 83.6 Å². The van der Waals surface area contributed by atoms with Crippen LogP contribution in [0.4, 0.5) is 13.2 Å². The van der Waals surface area contributed by atoms with Crippen LogP contribution in [-0.4, -0.2) is 6.61 Å². The van der Waals surface area contributed by atoms with Crippen LogP contribution < -0.4 is 0 Å². The number of hydrogen-bond acceptors (Lipinski definition) is 3. The molecule has 0 amide bonds. The summed E-state index contributed by atoms with van der Waals surface area (Å²) in [5.74, 6) is 2.82. The van der Waals surface area contributed by atoms with E-state index in [1.54, 1.807) is 6.92 Å². The first kappa shape index (κ1) is 21.8. The molecule has 0 N–H and O–H groups in total. The Kier molecular flexibility index (Phi) is 7.51. The molecule has 28 heavy (non-hydrogen) atoms. The summed E-state index contributed by atoms with van der Waals surface area (Å²) >= 11 is 0. The van der Waals surface area contributed by atoms with E-state index < -0.39 is 19.3 Å². The van der Waals surface area contributed by atoms with Gasteiger partial charge in [-0.05, 0) is 43.2 Å². The molecule has 2 aromatic rings. The molecule has 0 radical (unpaired) electrons. The van der Waals surface area contributed by atoms with E-state index in [0.717, 1.165) is 17.7 Å². The van der Waals surface area contributed by atoms with Crippen molar-refractivity contribution in [2.45, 2.75) is 25.9 Å². The molecule has 2 aromatic carbocycles. The number of alkyl halides is 3. The summed E-state index contributed by atoms with van der Waals surface area (Å²) in [6.45, 7) is 5.51. The number of hydrogen-bond donors (Lipinski definition) is 0. The van der Waals surface area contributed by atoms with Crippen molar-refractivity contribution in [1.82, 2.24) is 0 Å². The summed E-state index contributed by atoms with van der Waals surface area (Å²) in [5.41, 5.74) is 2.99. The maximum atomic E-state index is 12.8. The van der Waals surface area contributed by atoms with Crippen molar-refractivity contribution in [3.63, 3.8) is 0 Å². The Bertz CT molecular complexity index is 894. The zero-order valence-electron chi connectivity index (χ0n) is 15.3. The van der Waals surface area contributed by atoms with Gasteiger partial charge >= 0.3 is 13.8 Å². The Hall–Kier alpha value is -2.48. The zero-order valence-corrected chi connectivity index (χ0v) is 16.2. The highest BCUT2D eigenvalue weighted by Gasteiger charge is 2.30. The summed E-state index contributed by atoms with van der Waals surface area (Å²) in [6.07, 6.45) is -3.34. The van der Waals surface area contributed by atoms with Crippen LogP contribution in [0.15, 0.2) is 66.9 Å². The molecule has 2 rings (SSSR count). The molecule has 1 atom stereocenters. The normalized spacial score (nSPS) is 13.1. The second-order valence-corrected chi connectivity index (χ2v) is 7.50. The van der Waals surface area contributed by atoms with Gasteiger partial charge in [0.25, 0.3) is 0 Å². The van der Waals surface area contributed by atoms with Gasteiger partial charge in [0, 0.05) is 17.6 Å². The average Bonchev–Trinajstić information content (AvgIpc) is 2.65. The molecule has 0 spiro atoms. The summed E-state index contributed by atoms with van der Waals surface area (Å²) in [4.78, 5) is 0. The van der Waals surface area contributed by atoms with Gasteiger partial charge in [-0.15, -0.1) is 0 Å². The van der Waals surface area contributed by atoms with Gasteiger partial charge < -0.3 is 4.52 Å². The Morgan fingerprint density at radius 1 is 1.11 bits per heavy atom. The standard InChI is InChI=1S/C21H20F3O3P/c1-3-26-28(25,27-17(2)9-10-18-7-5-4-6-8-18)16-15-19-11-13-20(14-12-19)21(22,23)24/h4-8,11-14H,2-3,9-10H2,1H3. The quantitative estimate of drug-likeness (QED) is 0.302. The first-order valence-corrected chi connectivity index (χ1v) is 10.1. The summed E-state index contributed by atoms with van der Waals surface area (Å²) in [6, 6.07) is 13.9. The van der Waals surface area contributed by atoms with Crippen LogP contribution in [0.3, 0.4) is 0 Å². The van der Waals surface area contributed by atoms with Crippen molar-refractivity contribution in [1.29, 1.82) is 0 Å². The van der Waals surface area contributed by atoms with Crippen molar-refractivity contribution in [2.24, 2.45) is 0 Å². The molecule has 0 aliphatic heterocycles. The Balaban J connectivity index is 2.05. The molecule has 0 fully saturated rings. The van der Waals surface area contributed by atoms with E-state index in [0.29, 0.717) is 12.8 Å². The lowest BCUT2D eigenvalue weighted by Crippen LogP contribution is -2.04. The van der Waals surface area contributed by atoms with E-state index in [-0.39, 0.29) is 17.9 Å². The predicted molar refractivity (Wildman–Crippen MR) is 103 cm³/mol. The molecule has 0 aliphatic carbocycles. The first-order valence-electron chi connectivity index (χ1n) is 8.58. The Labute approximate surface area is 162 Å². The fourth-order valence-electron chi connectivity index (χ4n) is 2.27. The lowest BCUT2D eigenvalue weighted by Gasteiger charge is -2.15. The minimum Gasteiger partial charge on any atom is -0.421 e. The fraction of sp³-hybridized carbons (Fsp3) is 0.238. The van der Waals surface area contributed by atoms with Crippen LogP contribution >= 0.6 is 7.60 Å². The van der Waals surface area contributed by atoms with Gasteiger partial charge in [-0.2, -0.15) is 13.2 Å². The van der Waals surface area contributed by atoms with Crippen LogP contribution in [0, 0.1) is 11.6 Å². The van der Waals surface area contributed by atoms with E-state index in [2.05, 4.69) is 18.2 Å². The predicted octanol–water partition coefficient (Wildman–Crippen LogP) is 6.41. The monoisotopic (exact) mass is 408 g/mol. The molecular weight excluding hydrogens is 388 g/mol. The molecule has 0 saturated heterocycles. The molecule has 1 unspecified atom stereocenters. The van der Waals surface area contributed by atoms with Crippen LogP contribution in [0.5, 0.6) is 0 Å². The van der Waals surface area contributed by atoms with Crippen LogP contribution in [0.2, 0.25) is 0 Å². The van der Waals surface area contributed by atoms with Crippen molar-refractivity contribution in [3.8, 4) is 11.6 Å². The average molecular weight is 408 g/mol. The third kappa shape index (κ3) is 6.92. The summed E-state index contributed by atoms with van der Waals surface area (Å²) in [5, 5.41) is 0. The minimum atomic E-state index is -4.42. The smallest absolute Gasteiger partial charge is 0.421 e. The number of halogens is 3. The van der Waals surface area contributed by atoms with Gasteiger partial charge in [0.05, 0.1) is 17.9 Å². The van der Waals surface area contributed by atoms with Gasteiger partial charge in [-0.1, -0.05) is 42.8 Å². The first-order chi connectivity index (χ1) is 13.2. The van der Waals surface area contributed by atoms with Crippen LogP contribution in [0.1, 0.15) is 30.0 Å². The minimum absolute atomic E-state index is 0.102. The van der Waals surface area contributed by atoms with Crippen LogP contribution in [-0.2, 0) is 26.2 Å². The molecule has 148 valence electrons. The van der Waals surface area contributed by atoms with Crippen molar-refractivity contribution in [2.75, 3.05) is 6.61 Å². The molecular formula is C21H20F3O3P. The van der Waals surface area contributed by atoms with Gasteiger partial charge in [0.1, 0.15) is 0 Å². The second kappa shape index (κ2) is 9.64. The van der Waals surface area contributed by atoms with Gasteiger partial charge in [-0.3, -0.25) is 4.52 Å². The third-order valence-corrected chi connectivity index (χ3v) is 5.12. The van der Waals surface area contributed by atoms with E-state index >= 15 is 0 Å². The maximum Gasteiger partial charge on any atom is 0.456 e. The Morgan fingerprint density at radius 3 is 2.32 bits per heavy atom. The highest BCUT2D eigenvalue weighted by atomic mass is 31.2. The van der Waals surface area contributed by atoms with Gasteiger partial charge in [-0.25, -0.2) is 4.57 Å².